The molecule has 0 aliphatic heterocycles. The van der Waals surface area contributed by atoms with Gasteiger partial charge in [-0.2, -0.15) is 0 Å². The van der Waals surface area contributed by atoms with E-state index in [9.17, 15) is 14.7 Å². The van der Waals surface area contributed by atoms with Crippen molar-refractivity contribution in [3.63, 3.8) is 0 Å². The molecular weight excluding hydrogens is 394 g/mol. The number of aryl methyl sites for hydroxylation is 2. The summed E-state index contributed by atoms with van der Waals surface area (Å²) >= 11 is 0. The summed E-state index contributed by atoms with van der Waals surface area (Å²) in [6, 6.07) is 18.2. The molecule has 0 saturated heterocycles. The average Bonchev–Trinajstić information content (AvgIpc) is 3.09. The van der Waals surface area contributed by atoms with Crippen LogP contribution in [0.2, 0.25) is 0 Å². The monoisotopic (exact) mass is 421 g/mol. The number of carbonyl (C=O) groups excluding carboxylic acids is 2. The Labute approximate surface area is 182 Å². The van der Waals surface area contributed by atoms with E-state index in [1.54, 1.807) is 37.4 Å². The van der Waals surface area contributed by atoms with Crippen LogP contribution in [0.4, 0.5) is 0 Å². The van der Waals surface area contributed by atoms with Gasteiger partial charge in [0.1, 0.15) is 5.75 Å². The number of rotatable bonds is 9. The van der Waals surface area contributed by atoms with E-state index in [4.69, 9.17) is 9.47 Å². The van der Waals surface area contributed by atoms with Crippen molar-refractivity contribution in [3.8, 4) is 5.75 Å². The smallest absolute Gasteiger partial charge is 0.340 e. The molecule has 0 spiro atoms. The highest BCUT2D eigenvalue weighted by Gasteiger charge is 2.22. The highest BCUT2D eigenvalue weighted by molar-refractivity contribution is 5.99. The van der Waals surface area contributed by atoms with Crippen molar-refractivity contribution in [2.75, 3.05) is 13.7 Å². The molecule has 1 aromatic heterocycles. The van der Waals surface area contributed by atoms with E-state index in [1.807, 2.05) is 44.2 Å². The molecule has 1 heterocycles. The van der Waals surface area contributed by atoms with Crippen molar-refractivity contribution in [1.82, 2.24) is 4.57 Å². The van der Waals surface area contributed by atoms with Crippen LogP contribution >= 0.6 is 0 Å². The number of hydrogen-bond acceptors (Lipinski definition) is 5. The highest BCUT2D eigenvalue weighted by Crippen LogP contribution is 2.19. The van der Waals surface area contributed by atoms with Gasteiger partial charge in [-0.15, -0.1) is 0 Å². The van der Waals surface area contributed by atoms with Crippen LogP contribution < -0.4 is 4.74 Å². The van der Waals surface area contributed by atoms with Crippen LogP contribution in [0.25, 0.3) is 0 Å². The molecule has 31 heavy (non-hydrogen) atoms. The van der Waals surface area contributed by atoms with Gasteiger partial charge in [-0.25, -0.2) is 4.79 Å². The van der Waals surface area contributed by atoms with Gasteiger partial charge < -0.3 is 19.1 Å². The van der Waals surface area contributed by atoms with Gasteiger partial charge in [0.2, 0.25) is 5.78 Å². The summed E-state index contributed by atoms with van der Waals surface area (Å²) in [4.78, 5) is 24.8. The van der Waals surface area contributed by atoms with E-state index < -0.39 is 18.7 Å². The summed E-state index contributed by atoms with van der Waals surface area (Å²) in [6.07, 6.45) is -0.599. The second kappa shape index (κ2) is 10.1. The van der Waals surface area contributed by atoms with Crippen molar-refractivity contribution < 1.29 is 24.2 Å². The standard InChI is InChI=1S/C25H27NO5/c1-17-15-22(18(2)26(17)14-13-19-9-11-21(30-3)12-10-19)23(27)16-31-25(29)24(28)20-7-5-4-6-8-20/h4-12,15,24,28H,13-14,16H2,1-3H3/t24-/m1/s1. The van der Waals surface area contributed by atoms with Gasteiger partial charge in [0, 0.05) is 23.5 Å². The molecule has 6 heteroatoms. The number of methoxy groups -OCH3 is 1. The van der Waals surface area contributed by atoms with Crippen molar-refractivity contribution in [2.45, 2.75) is 32.9 Å². The number of ether oxygens (including phenoxy) is 2. The van der Waals surface area contributed by atoms with E-state index in [0.29, 0.717) is 11.1 Å². The highest BCUT2D eigenvalue weighted by atomic mass is 16.5. The molecule has 6 nitrogen and oxygen atoms in total. The Morgan fingerprint density at radius 2 is 1.71 bits per heavy atom. The summed E-state index contributed by atoms with van der Waals surface area (Å²) in [7, 11) is 1.64. The molecule has 0 bridgehead atoms. The lowest BCUT2D eigenvalue weighted by Gasteiger charge is -2.11. The van der Waals surface area contributed by atoms with Crippen molar-refractivity contribution >= 4 is 11.8 Å². The van der Waals surface area contributed by atoms with Crippen LogP contribution in [0.1, 0.15) is 39.0 Å². The third-order valence-corrected chi connectivity index (χ3v) is 5.34. The first-order valence-corrected chi connectivity index (χ1v) is 10.1. The van der Waals surface area contributed by atoms with Crippen LogP contribution in [0.5, 0.6) is 5.75 Å². The minimum Gasteiger partial charge on any atom is -0.497 e. The fraction of sp³-hybridized carbons (Fsp3) is 0.280. The van der Waals surface area contributed by atoms with Gasteiger partial charge in [0.05, 0.1) is 7.11 Å². The first-order chi connectivity index (χ1) is 14.9. The summed E-state index contributed by atoms with van der Waals surface area (Å²) in [5.41, 5.74) is 3.91. The lowest BCUT2D eigenvalue weighted by atomic mass is 10.1. The largest absolute Gasteiger partial charge is 0.497 e. The van der Waals surface area contributed by atoms with E-state index in [1.165, 1.54) is 5.56 Å². The summed E-state index contributed by atoms with van der Waals surface area (Å²) in [5.74, 6) is -0.317. The Balaban J connectivity index is 1.60. The second-order valence-electron chi connectivity index (χ2n) is 7.38. The van der Waals surface area contributed by atoms with E-state index >= 15 is 0 Å². The zero-order valence-electron chi connectivity index (χ0n) is 18.0. The van der Waals surface area contributed by atoms with E-state index in [2.05, 4.69) is 4.57 Å². The molecule has 0 aliphatic carbocycles. The molecule has 0 amide bonds. The number of aliphatic hydroxyl groups is 1. The Morgan fingerprint density at radius 3 is 2.35 bits per heavy atom. The third kappa shape index (κ3) is 5.41. The Bertz CT molecular complexity index is 1040. The molecule has 2 aromatic carbocycles. The number of nitrogens with zero attached hydrogens (tertiary/aromatic N) is 1. The van der Waals surface area contributed by atoms with E-state index in [-0.39, 0.29) is 5.78 Å². The predicted molar refractivity (Wildman–Crippen MR) is 117 cm³/mol. The Morgan fingerprint density at radius 1 is 1.03 bits per heavy atom. The number of benzene rings is 2. The first-order valence-electron chi connectivity index (χ1n) is 10.1. The maximum Gasteiger partial charge on any atom is 0.340 e. The molecular formula is C25H27NO5. The second-order valence-corrected chi connectivity index (χ2v) is 7.38. The van der Waals surface area contributed by atoms with Gasteiger partial charge in [0.25, 0.3) is 0 Å². The minimum absolute atomic E-state index is 0.294. The molecule has 0 radical (unpaired) electrons. The summed E-state index contributed by atoms with van der Waals surface area (Å²) in [6.45, 7) is 4.15. The molecule has 3 aromatic rings. The number of carbonyl (C=O) groups is 2. The topological polar surface area (TPSA) is 77.8 Å². The van der Waals surface area contributed by atoms with Crippen molar-refractivity contribution in [2.24, 2.45) is 0 Å². The maximum absolute atomic E-state index is 12.7. The summed E-state index contributed by atoms with van der Waals surface area (Å²) in [5, 5.41) is 10.1. The molecule has 162 valence electrons. The molecule has 0 fully saturated rings. The maximum atomic E-state index is 12.7. The number of esters is 1. The minimum atomic E-state index is -1.41. The van der Waals surface area contributed by atoms with Gasteiger partial charge >= 0.3 is 5.97 Å². The first kappa shape index (κ1) is 22.3. The molecule has 0 saturated carbocycles. The quantitative estimate of drug-likeness (QED) is 0.420. The van der Waals surface area contributed by atoms with Crippen molar-refractivity contribution in [1.29, 1.82) is 0 Å². The molecule has 3 rings (SSSR count). The fourth-order valence-electron chi connectivity index (χ4n) is 3.53. The number of aliphatic hydroxyl groups excluding tert-OH is 1. The molecule has 1 N–H and O–H groups in total. The fourth-order valence-corrected chi connectivity index (χ4v) is 3.53. The normalized spacial score (nSPS) is 11.7. The Kier molecular flexibility index (Phi) is 7.26. The number of aromatic nitrogens is 1. The zero-order chi connectivity index (χ0) is 22.4. The third-order valence-electron chi connectivity index (χ3n) is 5.34. The van der Waals surface area contributed by atoms with Gasteiger partial charge in [-0.1, -0.05) is 42.5 Å². The summed E-state index contributed by atoms with van der Waals surface area (Å²) < 4.78 is 12.3. The van der Waals surface area contributed by atoms with Crippen molar-refractivity contribution in [3.05, 3.63) is 88.7 Å². The molecule has 0 aliphatic rings. The SMILES string of the molecule is COc1ccc(CCn2c(C)cc(C(=O)COC(=O)[C@H](O)c3ccccc3)c2C)cc1. The lowest BCUT2D eigenvalue weighted by molar-refractivity contribution is -0.152. The Hall–Kier alpha value is -3.38. The number of Topliss-reactive ketones (excluding diaryl/α,β-unsaturated/α-hetero) is 1. The van der Waals surface area contributed by atoms with Crippen LogP contribution in [0.15, 0.2) is 60.7 Å². The van der Waals surface area contributed by atoms with Crippen LogP contribution in [-0.4, -0.2) is 35.1 Å². The lowest BCUT2D eigenvalue weighted by Crippen LogP contribution is -2.20. The van der Waals surface area contributed by atoms with Crippen LogP contribution in [-0.2, 0) is 22.5 Å². The molecule has 1 atom stereocenters. The molecule has 0 unspecified atom stereocenters. The van der Waals surface area contributed by atoms with Crippen LogP contribution in [0.3, 0.4) is 0 Å². The number of ketones is 1. The van der Waals surface area contributed by atoms with Gasteiger partial charge in [-0.3, -0.25) is 4.79 Å². The van der Waals surface area contributed by atoms with Crippen LogP contribution in [0, 0.1) is 13.8 Å². The zero-order valence-corrected chi connectivity index (χ0v) is 18.0. The predicted octanol–water partition coefficient (Wildman–Crippen LogP) is 3.82. The van der Waals surface area contributed by atoms with E-state index in [0.717, 1.165) is 30.1 Å². The number of hydrogen-bond donors (Lipinski definition) is 1. The van der Waals surface area contributed by atoms with Gasteiger partial charge in [0.15, 0.2) is 12.7 Å². The van der Waals surface area contributed by atoms with Gasteiger partial charge in [-0.05, 0) is 49.6 Å². The average molecular weight is 421 g/mol.